The van der Waals surface area contributed by atoms with Crippen LogP contribution >= 0.6 is 34.8 Å². The molecular weight excluding hydrogens is 389 g/mol. The van der Waals surface area contributed by atoms with Gasteiger partial charge in [0.1, 0.15) is 10.3 Å². The molecular formula is C16H14Cl3N3O3. The lowest BCUT2D eigenvalue weighted by atomic mass is 10.1. The molecule has 25 heavy (non-hydrogen) atoms. The SMILES string of the molecule is COCCNC(=O)c1ccc(Cl)c(NC(=O)c2cc(Cl)nc(Cl)c2)c1. The summed E-state index contributed by atoms with van der Waals surface area (Å²) in [4.78, 5) is 28.2. The third-order valence-electron chi connectivity index (χ3n) is 3.09. The molecule has 2 N–H and O–H groups in total. The Bertz CT molecular complexity index is 779. The Kier molecular flexibility index (Phi) is 7.01. The molecule has 2 rings (SSSR count). The lowest BCUT2D eigenvalue weighted by molar-refractivity contribution is 0.0936. The molecule has 0 aliphatic carbocycles. The number of carbonyl (C=O) groups is 2. The van der Waals surface area contributed by atoms with E-state index in [1.165, 1.54) is 24.3 Å². The van der Waals surface area contributed by atoms with Crippen molar-refractivity contribution < 1.29 is 14.3 Å². The van der Waals surface area contributed by atoms with Gasteiger partial charge in [0.25, 0.3) is 11.8 Å². The van der Waals surface area contributed by atoms with Crippen LogP contribution in [0.25, 0.3) is 0 Å². The zero-order valence-electron chi connectivity index (χ0n) is 13.1. The first-order chi connectivity index (χ1) is 11.9. The molecule has 0 atom stereocenters. The quantitative estimate of drug-likeness (QED) is 0.571. The first-order valence-electron chi connectivity index (χ1n) is 7.12. The maximum absolute atomic E-state index is 12.3. The van der Waals surface area contributed by atoms with Crippen LogP contribution in [0.1, 0.15) is 20.7 Å². The van der Waals surface area contributed by atoms with Crippen molar-refractivity contribution >= 4 is 52.3 Å². The average molecular weight is 403 g/mol. The van der Waals surface area contributed by atoms with Crippen LogP contribution in [0.2, 0.25) is 15.3 Å². The Morgan fingerprint density at radius 3 is 2.36 bits per heavy atom. The van der Waals surface area contributed by atoms with E-state index in [4.69, 9.17) is 39.5 Å². The van der Waals surface area contributed by atoms with Crippen LogP contribution in [0.15, 0.2) is 30.3 Å². The van der Waals surface area contributed by atoms with Crippen LogP contribution in [0, 0.1) is 0 Å². The first kappa shape index (κ1) is 19.5. The van der Waals surface area contributed by atoms with E-state index in [0.29, 0.717) is 18.7 Å². The number of ether oxygens (including phenoxy) is 1. The molecule has 0 saturated carbocycles. The lowest BCUT2D eigenvalue weighted by Crippen LogP contribution is -2.27. The van der Waals surface area contributed by atoms with Crippen molar-refractivity contribution in [3.63, 3.8) is 0 Å². The van der Waals surface area contributed by atoms with Gasteiger partial charge in [-0.15, -0.1) is 0 Å². The van der Waals surface area contributed by atoms with E-state index in [0.717, 1.165) is 0 Å². The monoisotopic (exact) mass is 401 g/mol. The molecule has 0 unspecified atom stereocenters. The van der Waals surface area contributed by atoms with Gasteiger partial charge in [0.15, 0.2) is 0 Å². The summed E-state index contributed by atoms with van der Waals surface area (Å²) in [5, 5.41) is 5.78. The van der Waals surface area contributed by atoms with Gasteiger partial charge >= 0.3 is 0 Å². The van der Waals surface area contributed by atoms with Gasteiger partial charge in [0.2, 0.25) is 0 Å². The van der Waals surface area contributed by atoms with E-state index < -0.39 is 5.91 Å². The maximum Gasteiger partial charge on any atom is 0.255 e. The summed E-state index contributed by atoms with van der Waals surface area (Å²) < 4.78 is 4.87. The average Bonchev–Trinajstić information content (AvgIpc) is 2.56. The number of nitrogens with one attached hydrogen (secondary N) is 2. The number of anilines is 1. The third kappa shape index (κ3) is 5.57. The fourth-order valence-electron chi connectivity index (χ4n) is 1.92. The molecule has 2 amide bonds. The highest BCUT2D eigenvalue weighted by Crippen LogP contribution is 2.24. The largest absolute Gasteiger partial charge is 0.383 e. The highest BCUT2D eigenvalue weighted by molar-refractivity contribution is 6.34. The van der Waals surface area contributed by atoms with Gasteiger partial charge in [0, 0.05) is 24.8 Å². The van der Waals surface area contributed by atoms with E-state index in [9.17, 15) is 9.59 Å². The lowest BCUT2D eigenvalue weighted by Gasteiger charge is -2.10. The molecule has 2 aromatic rings. The predicted octanol–water partition coefficient (Wildman–Crippen LogP) is 3.67. The first-order valence-corrected chi connectivity index (χ1v) is 8.25. The highest BCUT2D eigenvalue weighted by Gasteiger charge is 2.13. The van der Waals surface area contributed by atoms with Crippen LogP contribution in [-0.4, -0.2) is 37.1 Å². The normalized spacial score (nSPS) is 10.4. The number of nitrogens with zero attached hydrogens (tertiary/aromatic N) is 1. The smallest absolute Gasteiger partial charge is 0.255 e. The Labute approximate surface area is 159 Å². The van der Waals surface area contributed by atoms with Gasteiger partial charge in [-0.1, -0.05) is 34.8 Å². The Morgan fingerprint density at radius 2 is 1.72 bits per heavy atom. The number of carbonyl (C=O) groups excluding carboxylic acids is 2. The molecule has 0 radical (unpaired) electrons. The molecule has 132 valence electrons. The van der Waals surface area contributed by atoms with Gasteiger partial charge < -0.3 is 15.4 Å². The third-order valence-corrected chi connectivity index (χ3v) is 3.81. The summed E-state index contributed by atoms with van der Waals surface area (Å²) in [6.45, 7) is 0.764. The molecule has 9 heteroatoms. The minimum Gasteiger partial charge on any atom is -0.383 e. The van der Waals surface area contributed by atoms with Crippen LogP contribution in [0.5, 0.6) is 0 Å². The molecule has 0 aliphatic rings. The van der Waals surface area contributed by atoms with E-state index in [-0.39, 0.29) is 32.5 Å². The van der Waals surface area contributed by atoms with Gasteiger partial charge in [-0.25, -0.2) is 4.98 Å². The number of rotatable bonds is 6. The molecule has 0 spiro atoms. The maximum atomic E-state index is 12.3. The van der Waals surface area contributed by atoms with Crippen molar-refractivity contribution in [1.29, 1.82) is 0 Å². The number of benzene rings is 1. The second-order valence-corrected chi connectivity index (χ2v) is 6.08. The summed E-state index contributed by atoms with van der Waals surface area (Å²) in [5.41, 5.74) is 0.854. The van der Waals surface area contributed by atoms with E-state index in [1.54, 1.807) is 13.2 Å². The molecule has 0 saturated heterocycles. The van der Waals surface area contributed by atoms with Crippen molar-refractivity contribution in [3.05, 3.63) is 56.8 Å². The Hall–Kier alpha value is -1.86. The Balaban J connectivity index is 2.17. The van der Waals surface area contributed by atoms with Gasteiger partial charge in [0.05, 0.1) is 17.3 Å². The number of hydrogen-bond acceptors (Lipinski definition) is 4. The fourth-order valence-corrected chi connectivity index (χ4v) is 2.55. The van der Waals surface area contributed by atoms with Crippen molar-refractivity contribution in [2.75, 3.05) is 25.6 Å². The number of aromatic nitrogens is 1. The van der Waals surface area contributed by atoms with Gasteiger partial charge in [-0.05, 0) is 30.3 Å². The molecule has 0 aliphatic heterocycles. The van der Waals surface area contributed by atoms with E-state index in [1.807, 2.05) is 0 Å². The highest BCUT2D eigenvalue weighted by atomic mass is 35.5. The van der Waals surface area contributed by atoms with E-state index >= 15 is 0 Å². The summed E-state index contributed by atoms with van der Waals surface area (Å²) in [6, 6.07) is 7.30. The van der Waals surface area contributed by atoms with Crippen LogP contribution in [0.4, 0.5) is 5.69 Å². The van der Waals surface area contributed by atoms with Crippen molar-refractivity contribution in [2.45, 2.75) is 0 Å². The number of halogens is 3. The van der Waals surface area contributed by atoms with Crippen LogP contribution in [0.3, 0.4) is 0 Å². The standard InChI is InChI=1S/C16H14Cl3N3O3/c1-25-5-4-20-15(23)9-2-3-11(17)12(6-9)21-16(24)10-7-13(18)22-14(19)8-10/h2-3,6-8H,4-5H2,1H3,(H,20,23)(H,21,24). The zero-order chi connectivity index (χ0) is 18.4. The van der Waals surface area contributed by atoms with E-state index in [2.05, 4.69) is 15.6 Å². The van der Waals surface area contributed by atoms with Crippen molar-refractivity contribution in [3.8, 4) is 0 Å². The molecule has 0 fully saturated rings. The minimum absolute atomic E-state index is 0.0926. The zero-order valence-corrected chi connectivity index (χ0v) is 15.4. The minimum atomic E-state index is -0.481. The number of amides is 2. The predicted molar refractivity (Wildman–Crippen MR) is 97.9 cm³/mol. The number of pyridine rings is 1. The fraction of sp³-hybridized carbons (Fsp3) is 0.188. The molecule has 1 aromatic carbocycles. The topological polar surface area (TPSA) is 80.3 Å². The van der Waals surface area contributed by atoms with Crippen LogP contribution < -0.4 is 10.6 Å². The molecule has 6 nitrogen and oxygen atoms in total. The van der Waals surface area contributed by atoms with Gasteiger partial charge in [-0.3, -0.25) is 9.59 Å². The van der Waals surface area contributed by atoms with Crippen LogP contribution in [-0.2, 0) is 4.74 Å². The summed E-state index contributed by atoms with van der Waals surface area (Å²) in [5.74, 6) is -0.788. The Morgan fingerprint density at radius 1 is 1.04 bits per heavy atom. The van der Waals surface area contributed by atoms with Crippen molar-refractivity contribution in [2.24, 2.45) is 0 Å². The second kappa shape index (κ2) is 9.01. The van der Waals surface area contributed by atoms with Gasteiger partial charge in [-0.2, -0.15) is 0 Å². The molecule has 1 heterocycles. The van der Waals surface area contributed by atoms with Crippen molar-refractivity contribution in [1.82, 2.24) is 10.3 Å². The summed E-state index contributed by atoms with van der Waals surface area (Å²) >= 11 is 17.7. The molecule has 1 aromatic heterocycles. The number of hydrogen-bond donors (Lipinski definition) is 2. The molecule has 0 bridgehead atoms. The number of methoxy groups -OCH3 is 1. The second-order valence-electron chi connectivity index (χ2n) is 4.90. The summed E-state index contributed by atoms with van der Waals surface area (Å²) in [6.07, 6.45) is 0. The summed E-state index contributed by atoms with van der Waals surface area (Å²) in [7, 11) is 1.54.